The van der Waals surface area contributed by atoms with Gasteiger partial charge in [0, 0.05) is 18.3 Å². The molecule has 0 atom stereocenters. The van der Waals surface area contributed by atoms with Crippen molar-refractivity contribution >= 4 is 17.4 Å². The zero-order valence-corrected chi connectivity index (χ0v) is 16.3. The van der Waals surface area contributed by atoms with Crippen LogP contribution in [0.4, 0.5) is 19.0 Å². The van der Waals surface area contributed by atoms with Gasteiger partial charge in [0.15, 0.2) is 0 Å². The van der Waals surface area contributed by atoms with Crippen molar-refractivity contribution in [2.75, 3.05) is 11.9 Å². The summed E-state index contributed by atoms with van der Waals surface area (Å²) in [4.78, 5) is 16.1. The maximum Gasteiger partial charge on any atom is 0.416 e. The van der Waals surface area contributed by atoms with Gasteiger partial charge in [-0.05, 0) is 67.3 Å². The normalized spacial score (nSPS) is 19.7. The molecule has 1 fully saturated rings. The van der Waals surface area contributed by atoms with Gasteiger partial charge in [-0.2, -0.15) is 13.2 Å². The average molecular weight is 416 g/mol. The molecular formula is C22H23F3N4O. The predicted octanol–water partition coefficient (Wildman–Crippen LogP) is 4.84. The molecule has 0 unspecified atom stereocenters. The summed E-state index contributed by atoms with van der Waals surface area (Å²) in [5.41, 5.74) is 6.03. The summed E-state index contributed by atoms with van der Waals surface area (Å²) in [7, 11) is 0. The fourth-order valence-corrected chi connectivity index (χ4v) is 4.29. The Balaban J connectivity index is 1.40. The van der Waals surface area contributed by atoms with Crippen LogP contribution in [0.15, 0.2) is 48.8 Å². The van der Waals surface area contributed by atoms with Gasteiger partial charge in [0.05, 0.1) is 11.8 Å². The summed E-state index contributed by atoms with van der Waals surface area (Å²) in [5.74, 6) is 0.614. The molecular weight excluding hydrogens is 393 g/mol. The number of nitrogens with zero attached hydrogens (tertiary/aromatic N) is 2. The Morgan fingerprint density at radius 1 is 1.17 bits per heavy atom. The standard InChI is InChI=1S/C22H23F3N4O/c23-22(24,25)16-8-9-17(18(11-16)21(26)30)15-6-4-14(5-7-15)12-27-20-13-28-19-3-1-2-10-29(19)20/h1-3,8-11,13-15,27H,4-7,12H2,(H2,26,30)/t14-,15-. The Hall–Kier alpha value is -3.03. The van der Waals surface area contributed by atoms with Crippen molar-refractivity contribution in [1.29, 1.82) is 0 Å². The molecule has 1 saturated carbocycles. The quantitative estimate of drug-likeness (QED) is 0.625. The van der Waals surface area contributed by atoms with E-state index in [1.165, 1.54) is 6.07 Å². The van der Waals surface area contributed by atoms with Gasteiger partial charge < -0.3 is 11.1 Å². The van der Waals surface area contributed by atoms with E-state index in [4.69, 9.17) is 5.73 Å². The molecule has 1 aromatic carbocycles. The lowest BCUT2D eigenvalue weighted by Crippen LogP contribution is -2.23. The van der Waals surface area contributed by atoms with E-state index in [-0.39, 0.29) is 11.5 Å². The van der Waals surface area contributed by atoms with Gasteiger partial charge in [-0.3, -0.25) is 9.20 Å². The topological polar surface area (TPSA) is 72.4 Å². The fourth-order valence-electron chi connectivity index (χ4n) is 4.29. The molecule has 1 aliphatic rings. The second-order valence-corrected chi connectivity index (χ2v) is 7.83. The summed E-state index contributed by atoms with van der Waals surface area (Å²) in [5, 5.41) is 3.45. The number of nitrogens with two attached hydrogens (primary N) is 1. The number of fused-ring (bicyclic) bond motifs is 1. The lowest BCUT2D eigenvalue weighted by atomic mass is 9.77. The van der Waals surface area contributed by atoms with Gasteiger partial charge in [0.1, 0.15) is 11.5 Å². The molecule has 0 aliphatic heterocycles. The summed E-state index contributed by atoms with van der Waals surface area (Å²) in [6.07, 6.45) is 2.74. The molecule has 3 aromatic rings. The molecule has 8 heteroatoms. The monoisotopic (exact) mass is 416 g/mol. The molecule has 2 heterocycles. The van der Waals surface area contributed by atoms with Crippen LogP contribution in [-0.4, -0.2) is 21.8 Å². The van der Waals surface area contributed by atoms with Crippen LogP contribution in [0.3, 0.4) is 0 Å². The SMILES string of the molecule is NC(=O)c1cc(C(F)(F)F)ccc1[C@H]1CC[C@H](CNc2cnc3ccccn23)CC1. The van der Waals surface area contributed by atoms with Gasteiger partial charge in [-0.1, -0.05) is 12.1 Å². The maximum absolute atomic E-state index is 13.0. The number of anilines is 1. The first-order valence-corrected chi connectivity index (χ1v) is 10.00. The van der Waals surface area contributed by atoms with Crippen molar-refractivity contribution in [2.45, 2.75) is 37.8 Å². The number of halogens is 3. The van der Waals surface area contributed by atoms with Gasteiger partial charge >= 0.3 is 6.18 Å². The van der Waals surface area contributed by atoms with E-state index in [2.05, 4.69) is 10.3 Å². The second kappa shape index (κ2) is 8.01. The predicted molar refractivity (Wildman–Crippen MR) is 108 cm³/mol. The lowest BCUT2D eigenvalue weighted by Gasteiger charge is -2.30. The minimum Gasteiger partial charge on any atom is -0.370 e. The molecule has 0 spiro atoms. The highest BCUT2D eigenvalue weighted by Crippen LogP contribution is 2.39. The second-order valence-electron chi connectivity index (χ2n) is 7.83. The number of aromatic nitrogens is 2. The number of nitrogens with one attached hydrogen (secondary N) is 1. The molecule has 2 aromatic heterocycles. The van der Waals surface area contributed by atoms with Gasteiger partial charge in [-0.25, -0.2) is 4.98 Å². The van der Waals surface area contributed by atoms with E-state index in [1.807, 2.05) is 35.0 Å². The number of hydrogen-bond donors (Lipinski definition) is 2. The van der Waals surface area contributed by atoms with Gasteiger partial charge in [0.2, 0.25) is 5.91 Å². The first-order chi connectivity index (χ1) is 14.3. The number of alkyl halides is 3. The highest BCUT2D eigenvalue weighted by molar-refractivity contribution is 5.94. The molecule has 4 rings (SSSR count). The van der Waals surface area contributed by atoms with E-state index in [0.717, 1.165) is 55.8 Å². The van der Waals surface area contributed by atoms with Crippen LogP contribution in [0, 0.1) is 5.92 Å². The zero-order valence-electron chi connectivity index (χ0n) is 16.3. The molecule has 1 aliphatic carbocycles. The summed E-state index contributed by atoms with van der Waals surface area (Å²) < 4.78 is 41.0. The van der Waals surface area contributed by atoms with E-state index in [1.54, 1.807) is 0 Å². The number of hydrogen-bond acceptors (Lipinski definition) is 3. The van der Waals surface area contributed by atoms with Crippen molar-refractivity contribution < 1.29 is 18.0 Å². The summed E-state index contributed by atoms with van der Waals surface area (Å²) in [6.45, 7) is 0.797. The Labute approximate surface area is 172 Å². The number of carbonyl (C=O) groups excluding carboxylic acids is 1. The number of rotatable bonds is 5. The minimum absolute atomic E-state index is 0.0165. The Bertz CT molecular complexity index is 1050. The first kappa shape index (κ1) is 20.3. The number of benzene rings is 1. The third-order valence-corrected chi connectivity index (χ3v) is 5.92. The molecule has 0 bridgehead atoms. The van der Waals surface area contributed by atoms with Gasteiger partial charge in [-0.15, -0.1) is 0 Å². The first-order valence-electron chi connectivity index (χ1n) is 10.00. The van der Waals surface area contributed by atoms with E-state index < -0.39 is 17.6 Å². The molecule has 30 heavy (non-hydrogen) atoms. The largest absolute Gasteiger partial charge is 0.416 e. The Morgan fingerprint density at radius 2 is 1.93 bits per heavy atom. The molecule has 0 radical (unpaired) electrons. The smallest absolute Gasteiger partial charge is 0.370 e. The van der Waals surface area contributed by atoms with Crippen molar-refractivity contribution in [2.24, 2.45) is 11.7 Å². The van der Waals surface area contributed by atoms with Crippen LogP contribution in [-0.2, 0) is 6.18 Å². The van der Waals surface area contributed by atoms with Crippen molar-refractivity contribution in [3.63, 3.8) is 0 Å². The van der Waals surface area contributed by atoms with Gasteiger partial charge in [0.25, 0.3) is 0 Å². The molecule has 1 amide bonds. The molecule has 158 valence electrons. The lowest BCUT2D eigenvalue weighted by molar-refractivity contribution is -0.137. The Morgan fingerprint density at radius 3 is 2.63 bits per heavy atom. The fraction of sp³-hybridized carbons (Fsp3) is 0.364. The number of primary amides is 1. The van der Waals surface area contributed by atoms with Crippen molar-refractivity contribution in [3.05, 3.63) is 65.5 Å². The van der Waals surface area contributed by atoms with Crippen LogP contribution in [0.5, 0.6) is 0 Å². The van der Waals surface area contributed by atoms with E-state index in [9.17, 15) is 18.0 Å². The summed E-state index contributed by atoms with van der Waals surface area (Å²) in [6, 6.07) is 9.18. The molecule has 0 saturated heterocycles. The van der Waals surface area contributed by atoms with E-state index >= 15 is 0 Å². The summed E-state index contributed by atoms with van der Waals surface area (Å²) >= 11 is 0. The highest BCUT2D eigenvalue weighted by atomic mass is 19.4. The minimum atomic E-state index is -4.50. The number of amides is 1. The third-order valence-electron chi connectivity index (χ3n) is 5.92. The van der Waals surface area contributed by atoms with Crippen LogP contribution in [0.25, 0.3) is 5.65 Å². The van der Waals surface area contributed by atoms with Crippen LogP contribution in [0.2, 0.25) is 0 Å². The molecule has 5 nitrogen and oxygen atoms in total. The zero-order chi connectivity index (χ0) is 21.3. The van der Waals surface area contributed by atoms with Crippen molar-refractivity contribution in [1.82, 2.24) is 9.38 Å². The third kappa shape index (κ3) is 4.13. The van der Waals surface area contributed by atoms with E-state index in [0.29, 0.717) is 11.5 Å². The average Bonchev–Trinajstić information content (AvgIpc) is 3.15. The highest BCUT2D eigenvalue weighted by Gasteiger charge is 2.33. The molecule has 3 N–H and O–H groups in total. The van der Waals surface area contributed by atoms with Crippen LogP contribution >= 0.6 is 0 Å². The number of pyridine rings is 1. The van der Waals surface area contributed by atoms with Crippen molar-refractivity contribution in [3.8, 4) is 0 Å². The number of imidazole rings is 1. The Kier molecular flexibility index (Phi) is 5.40. The van der Waals surface area contributed by atoms with Crippen LogP contribution in [0.1, 0.15) is 53.1 Å². The van der Waals surface area contributed by atoms with Crippen LogP contribution < -0.4 is 11.1 Å². The number of carbonyl (C=O) groups is 1. The maximum atomic E-state index is 13.0.